The molecule has 9 heteroatoms. The lowest BCUT2D eigenvalue weighted by atomic mass is 9.98. The Morgan fingerprint density at radius 1 is 1.00 bits per heavy atom. The van der Waals surface area contributed by atoms with Crippen LogP contribution < -0.4 is 15.6 Å². The van der Waals surface area contributed by atoms with Crippen molar-refractivity contribution < 1.29 is 17.9 Å². The van der Waals surface area contributed by atoms with E-state index < -0.39 is 16.1 Å². The molecular weight excluding hydrogens is 452 g/mol. The smallest absolute Gasteiger partial charge is 0.255 e. The number of sulfonamides is 1. The number of aromatic nitrogens is 1. The van der Waals surface area contributed by atoms with Gasteiger partial charge in [-0.05, 0) is 52.9 Å². The SMILES string of the molecule is Nc1nccc2ccc(OCCN3C(=O)c4ccccc4C3c3cccc(S(N)(=O)=O)c3)cc12. The first-order valence-corrected chi connectivity index (χ1v) is 12.2. The first kappa shape index (κ1) is 21.9. The number of pyridine rings is 1. The van der Waals surface area contributed by atoms with E-state index in [1.165, 1.54) is 12.1 Å². The monoisotopic (exact) mass is 474 g/mol. The number of nitrogens with zero attached hydrogens (tertiary/aromatic N) is 2. The number of carbonyl (C=O) groups excluding carboxylic acids is 1. The molecular formula is C25H22N4O4S. The summed E-state index contributed by atoms with van der Waals surface area (Å²) in [6, 6.07) is 20.7. The number of carbonyl (C=O) groups is 1. The van der Waals surface area contributed by atoms with Crippen molar-refractivity contribution in [1.82, 2.24) is 9.88 Å². The minimum Gasteiger partial charge on any atom is -0.492 e. The summed E-state index contributed by atoms with van der Waals surface area (Å²) in [4.78, 5) is 19.0. The molecule has 0 radical (unpaired) electrons. The molecule has 0 saturated carbocycles. The molecule has 0 aliphatic carbocycles. The van der Waals surface area contributed by atoms with E-state index >= 15 is 0 Å². The van der Waals surface area contributed by atoms with Crippen molar-refractivity contribution in [3.63, 3.8) is 0 Å². The van der Waals surface area contributed by atoms with Gasteiger partial charge in [0.2, 0.25) is 10.0 Å². The zero-order valence-corrected chi connectivity index (χ0v) is 18.9. The number of anilines is 1. The van der Waals surface area contributed by atoms with E-state index in [1.54, 1.807) is 29.3 Å². The summed E-state index contributed by atoms with van der Waals surface area (Å²) in [6.45, 7) is 0.523. The standard InChI is InChI=1S/C25H22N4O4S/c26-24-22-15-18(9-8-16(22)10-11-28-24)33-13-12-29-23(20-6-1-2-7-21(20)25(29)30)17-4-3-5-19(14-17)34(27,31)32/h1-11,14-15,23H,12-13H2,(H2,26,28)(H2,27,31,32). The van der Waals surface area contributed by atoms with Gasteiger partial charge < -0.3 is 15.4 Å². The number of hydrogen-bond donors (Lipinski definition) is 2. The van der Waals surface area contributed by atoms with Crippen molar-refractivity contribution in [1.29, 1.82) is 0 Å². The fraction of sp³-hybridized carbons (Fsp3) is 0.120. The fourth-order valence-electron chi connectivity index (χ4n) is 4.34. The Balaban J connectivity index is 1.42. The van der Waals surface area contributed by atoms with Gasteiger partial charge in [-0.25, -0.2) is 18.5 Å². The Hall–Kier alpha value is -3.95. The van der Waals surface area contributed by atoms with Crippen molar-refractivity contribution in [3.8, 4) is 5.75 Å². The van der Waals surface area contributed by atoms with Crippen molar-refractivity contribution in [2.75, 3.05) is 18.9 Å². The van der Waals surface area contributed by atoms with E-state index in [0.29, 0.717) is 29.2 Å². The average Bonchev–Trinajstić information content (AvgIpc) is 3.11. The van der Waals surface area contributed by atoms with E-state index in [-0.39, 0.29) is 17.4 Å². The number of fused-ring (bicyclic) bond motifs is 2. The molecule has 1 aliphatic rings. The molecule has 0 fully saturated rings. The van der Waals surface area contributed by atoms with E-state index in [9.17, 15) is 13.2 Å². The van der Waals surface area contributed by atoms with Crippen molar-refractivity contribution in [3.05, 3.63) is 95.7 Å². The van der Waals surface area contributed by atoms with Crippen LogP contribution in [-0.4, -0.2) is 37.4 Å². The summed E-state index contributed by atoms with van der Waals surface area (Å²) in [5.41, 5.74) is 8.03. The van der Waals surface area contributed by atoms with Crippen LogP contribution in [0.3, 0.4) is 0 Å². The van der Waals surface area contributed by atoms with Crippen LogP contribution in [0.2, 0.25) is 0 Å². The first-order valence-electron chi connectivity index (χ1n) is 10.6. The Bertz CT molecular complexity index is 1520. The molecule has 0 spiro atoms. The van der Waals surface area contributed by atoms with Crippen molar-refractivity contribution in [2.24, 2.45) is 5.14 Å². The zero-order chi connectivity index (χ0) is 23.9. The van der Waals surface area contributed by atoms with Gasteiger partial charge in [0.15, 0.2) is 0 Å². The fourth-order valence-corrected chi connectivity index (χ4v) is 4.91. The summed E-state index contributed by atoms with van der Waals surface area (Å²) in [7, 11) is -3.88. The molecule has 1 aliphatic heterocycles. The summed E-state index contributed by atoms with van der Waals surface area (Å²) in [5, 5.41) is 7.09. The van der Waals surface area contributed by atoms with Gasteiger partial charge in [-0.3, -0.25) is 4.79 Å². The normalized spacial score (nSPS) is 15.5. The zero-order valence-electron chi connectivity index (χ0n) is 18.1. The molecule has 8 nitrogen and oxygen atoms in total. The summed E-state index contributed by atoms with van der Waals surface area (Å²) in [5.74, 6) is 0.893. The average molecular weight is 475 g/mol. The second-order valence-electron chi connectivity index (χ2n) is 8.03. The third-order valence-corrected chi connectivity index (χ3v) is 6.84. The maximum Gasteiger partial charge on any atom is 0.255 e. The van der Waals surface area contributed by atoms with Gasteiger partial charge in [-0.2, -0.15) is 0 Å². The third-order valence-electron chi connectivity index (χ3n) is 5.93. The Morgan fingerprint density at radius 3 is 2.65 bits per heavy atom. The molecule has 5 rings (SSSR count). The van der Waals surface area contributed by atoms with Crippen LogP contribution in [0.5, 0.6) is 5.75 Å². The Kier molecular flexibility index (Phi) is 5.43. The van der Waals surface area contributed by atoms with Crippen LogP contribution in [0.1, 0.15) is 27.5 Å². The van der Waals surface area contributed by atoms with Gasteiger partial charge in [0, 0.05) is 17.1 Å². The maximum atomic E-state index is 13.2. The minimum atomic E-state index is -3.88. The molecule has 0 bridgehead atoms. The van der Waals surface area contributed by atoms with Gasteiger partial charge in [0.25, 0.3) is 5.91 Å². The van der Waals surface area contributed by atoms with Crippen LogP contribution in [0, 0.1) is 0 Å². The lowest BCUT2D eigenvalue weighted by Gasteiger charge is -2.26. The molecule has 4 N–H and O–H groups in total. The van der Waals surface area contributed by atoms with Gasteiger partial charge in [0.1, 0.15) is 18.2 Å². The summed E-state index contributed by atoms with van der Waals surface area (Å²) < 4.78 is 29.7. The molecule has 2 heterocycles. The molecule has 0 saturated heterocycles. The molecule has 34 heavy (non-hydrogen) atoms. The molecule has 1 unspecified atom stereocenters. The number of rotatable bonds is 6. The molecule has 1 amide bonds. The number of primary sulfonamides is 1. The van der Waals surface area contributed by atoms with E-state index in [4.69, 9.17) is 15.6 Å². The molecule has 1 aromatic heterocycles. The number of hydrogen-bond acceptors (Lipinski definition) is 6. The Morgan fingerprint density at radius 2 is 1.82 bits per heavy atom. The van der Waals surface area contributed by atoms with Crippen molar-refractivity contribution in [2.45, 2.75) is 10.9 Å². The van der Waals surface area contributed by atoms with Gasteiger partial charge in [-0.1, -0.05) is 36.4 Å². The second kappa shape index (κ2) is 8.44. The number of amides is 1. The van der Waals surface area contributed by atoms with Crippen molar-refractivity contribution >= 4 is 32.5 Å². The van der Waals surface area contributed by atoms with Crippen LogP contribution in [0.4, 0.5) is 5.82 Å². The lowest BCUT2D eigenvalue weighted by Crippen LogP contribution is -2.33. The summed E-state index contributed by atoms with van der Waals surface area (Å²) in [6.07, 6.45) is 1.65. The lowest BCUT2D eigenvalue weighted by molar-refractivity contribution is 0.0721. The van der Waals surface area contributed by atoms with Gasteiger partial charge in [0.05, 0.1) is 17.5 Å². The van der Waals surface area contributed by atoms with E-state index in [0.717, 1.165) is 16.3 Å². The third kappa shape index (κ3) is 3.95. The second-order valence-corrected chi connectivity index (χ2v) is 9.59. The highest BCUT2D eigenvalue weighted by Crippen LogP contribution is 2.38. The largest absolute Gasteiger partial charge is 0.492 e. The van der Waals surface area contributed by atoms with Crippen LogP contribution >= 0.6 is 0 Å². The predicted octanol–water partition coefficient (Wildman–Crippen LogP) is 3.09. The van der Waals surface area contributed by atoms with Gasteiger partial charge >= 0.3 is 0 Å². The highest BCUT2D eigenvalue weighted by atomic mass is 32.2. The number of benzene rings is 3. The topological polar surface area (TPSA) is 129 Å². The van der Waals surface area contributed by atoms with Crippen LogP contribution in [-0.2, 0) is 10.0 Å². The Labute approximate surface area is 196 Å². The molecule has 3 aromatic carbocycles. The van der Waals surface area contributed by atoms with Gasteiger partial charge in [-0.15, -0.1) is 0 Å². The predicted molar refractivity (Wildman–Crippen MR) is 129 cm³/mol. The molecule has 172 valence electrons. The number of nitrogen functional groups attached to an aromatic ring is 1. The molecule has 4 aromatic rings. The first-order chi connectivity index (χ1) is 16.3. The quantitative estimate of drug-likeness (QED) is 0.442. The van der Waals surface area contributed by atoms with E-state index in [1.807, 2.05) is 42.5 Å². The highest BCUT2D eigenvalue weighted by molar-refractivity contribution is 7.89. The van der Waals surface area contributed by atoms with E-state index in [2.05, 4.69) is 4.98 Å². The number of ether oxygens (including phenoxy) is 1. The highest BCUT2D eigenvalue weighted by Gasteiger charge is 2.37. The number of nitrogens with two attached hydrogens (primary N) is 2. The minimum absolute atomic E-state index is 0.000363. The van der Waals surface area contributed by atoms with Crippen LogP contribution in [0.15, 0.2) is 83.9 Å². The maximum absolute atomic E-state index is 13.2. The summed E-state index contributed by atoms with van der Waals surface area (Å²) >= 11 is 0. The van der Waals surface area contributed by atoms with Crippen LogP contribution in [0.25, 0.3) is 10.8 Å². The molecule has 1 atom stereocenters.